The number of thiophene rings is 2. The molecule has 5 nitrogen and oxygen atoms in total. The molecule has 3 aromatic rings. The Kier molecular flexibility index (Phi) is 3.05. The summed E-state index contributed by atoms with van der Waals surface area (Å²) in [6.45, 7) is 0. The highest BCUT2D eigenvalue weighted by Crippen LogP contribution is 2.30. The Hall–Kier alpha value is -1.77. The molecule has 3 heterocycles. The van der Waals surface area contributed by atoms with Gasteiger partial charge in [0.25, 0.3) is 5.91 Å². The largest absolute Gasteiger partial charge is 0.389 e. The smallest absolute Gasteiger partial charge is 0.266 e. The molecule has 0 unspecified atom stereocenters. The normalized spacial score (nSPS) is 10.7. The molecule has 0 saturated heterocycles. The summed E-state index contributed by atoms with van der Waals surface area (Å²) in [5.41, 5.74) is 6.07. The highest BCUT2D eigenvalue weighted by Gasteiger charge is 2.15. The number of thiocarbonyl (C=S) groups is 1. The number of nitrogens with one attached hydrogen (secondary N) is 2. The second-order valence-electron chi connectivity index (χ2n) is 3.74. The van der Waals surface area contributed by atoms with Gasteiger partial charge in [0.2, 0.25) is 0 Å². The van der Waals surface area contributed by atoms with E-state index >= 15 is 0 Å². The zero-order valence-corrected chi connectivity index (χ0v) is 11.9. The lowest BCUT2D eigenvalue weighted by molar-refractivity contribution is 0.103. The Bertz CT molecular complexity index is 741. The molecule has 0 bridgehead atoms. The van der Waals surface area contributed by atoms with Gasteiger partial charge in [0.15, 0.2) is 0 Å². The number of nitrogens with zero attached hydrogens (tertiary/aromatic N) is 1. The fraction of sp³-hybridized carbons (Fsp3) is 0. The van der Waals surface area contributed by atoms with Crippen LogP contribution in [-0.2, 0) is 0 Å². The van der Waals surface area contributed by atoms with Crippen LogP contribution in [0, 0.1) is 0 Å². The van der Waals surface area contributed by atoms with Gasteiger partial charge in [0, 0.05) is 9.40 Å². The van der Waals surface area contributed by atoms with E-state index in [9.17, 15) is 4.79 Å². The molecule has 8 heteroatoms. The van der Waals surface area contributed by atoms with Crippen LogP contribution in [0.4, 0.5) is 5.82 Å². The maximum Gasteiger partial charge on any atom is 0.266 e. The molecule has 3 aromatic heterocycles. The van der Waals surface area contributed by atoms with Crippen LogP contribution in [0.25, 0.3) is 9.40 Å². The number of aromatic amines is 1. The summed E-state index contributed by atoms with van der Waals surface area (Å²) in [5, 5.41) is 11.2. The molecule has 0 spiro atoms. The van der Waals surface area contributed by atoms with Crippen LogP contribution in [0.1, 0.15) is 15.2 Å². The Morgan fingerprint density at radius 2 is 2.32 bits per heavy atom. The van der Waals surface area contributed by atoms with Crippen LogP contribution < -0.4 is 11.1 Å². The van der Waals surface area contributed by atoms with Crippen molar-refractivity contribution in [3.05, 3.63) is 34.2 Å². The molecule has 0 saturated carbocycles. The van der Waals surface area contributed by atoms with Gasteiger partial charge in [0.1, 0.15) is 10.8 Å². The van der Waals surface area contributed by atoms with Crippen molar-refractivity contribution in [2.45, 2.75) is 0 Å². The maximum atomic E-state index is 12.1. The van der Waals surface area contributed by atoms with Crippen LogP contribution in [0.5, 0.6) is 0 Å². The number of nitrogens with two attached hydrogens (primary N) is 1. The quantitative estimate of drug-likeness (QED) is 0.649. The van der Waals surface area contributed by atoms with Crippen LogP contribution in [-0.4, -0.2) is 21.1 Å². The first-order valence-corrected chi connectivity index (χ1v) is 7.37. The van der Waals surface area contributed by atoms with Gasteiger partial charge in [-0.1, -0.05) is 12.2 Å². The lowest BCUT2D eigenvalue weighted by Crippen LogP contribution is -2.16. The van der Waals surface area contributed by atoms with Gasteiger partial charge >= 0.3 is 0 Å². The Balaban J connectivity index is 1.86. The van der Waals surface area contributed by atoms with Gasteiger partial charge in [-0.3, -0.25) is 9.89 Å². The van der Waals surface area contributed by atoms with Crippen molar-refractivity contribution >= 4 is 61.0 Å². The van der Waals surface area contributed by atoms with Gasteiger partial charge in [-0.2, -0.15) is 5.10 Å². The third-order valence-corrected chi connectivity index (χ3v) is 4.82. The second kappa shape index (κ2) is 4.72. The second-order valence-corrected chi connectivity index (χ2v) is 6.21. The molecule has 0 aliphatic carbocycles. The van der Waals surface area contributed by atoms with Gasteiger partial charge in [-0.25, -0.2) is 0 Å². The lowest BCUT2D eigenvalue weighted by Gasteiger charge is -2.02. The predicted molar refractivity (Wildman–Crippen MR) is 82.1 cm³/mol. The first-order valence-electron chi connectivity index (χ1n) is 5.26. The fourth-order valence-corrected chi connectivity index (χ4v) is 3.78. The molecular formula is C11H8N4OS3. The highest BCUT2D eigenvalue weighted by molar-refractivity contribution is 7.80. The van der Waals surface area contributed by atoms with Crippen molar-refractivity contribution in [2.24, 2.45) is 5.73 Å². The Morgan fingerprint density at radius 1 is 1.47 bits per heavy atom. The van der Waals surface area contributed by atoms with E-state index in [4.69, 9.17) is 18.0 Å². The first kappa shape index (κ1) is 12.3. The van der Waals surface area contributed by atoms with Crippen molar-refractivity contribution in [1.29, 1.82) is 0 Å². The van der Waals surface area contributed by atoms with E-state index in [0.29, 0.717) is 16.3 Å². The maximum absolute atomic E-state index is 12.1. The molecule has 0 aliphatic rings. The van der Waals surface area contributed by atoms with Crippen molar-refractivity contribution in [1.82, 2.24) is 10.2 Å². The summed E-state index contributed by atoms with van der Waals surface area (Å²) in [7, 11) is 0. The van der Waals surface area contributed by atoms with E-state index in [0.717, 1.165) is 9.40 Å². The molecule has 0 aromatic carbocycles. The molecule has 4 N–H and O–H groups in total. The highest BCUT2D eigenvalue weighted by atomic mass is 32.1. The summed E-state index contributed by atoms with van der Waals surface area (Å²) in [4.78, 5) is 13.0. The third kappa shape index (κ3) is 2.25. The minimum atomic E-state index is -0.199. The van der Waals surface area contributed by atoms with Crippen LogP contribution >= 0.6 is 34.9 Å². The van der Waals surface area contributed by atoms with Gasteiger partial charge in [0.05, 0.1) is 16.6 Å². The van der Waals surface area contributed by atoms with Gasteiger partial charge < -0.3 is 11.1 Å². The SMILES string of the molecule is NC(=S)c1cn[nH]c1NC(=O)c1cc2sccc2s1. The van der Waals surface area contributed by atoms with E-state index in [1.807, 2.05) is 17.5 Å². The number of carbonyl (C=O) groups excluding carboxylic acids is 1. The number of aromatic nitrogens is 2. The molecule has 0 radical (unpaired) electrons. The van der Waals surface area contributed by atoms with Gasteiger partial charge in [-0.15, -0.1) is 22.7 Å². The molecule has 96 valence electrons. The number of fused-ring (bicyclic) bond motifs is 1. The third-order valence-electron chi connectivity index (χ3n) is 2.51. The summed E-state index contributed by atoms with van der Waals surface area (Å²) >= 11 is 7.94. The number of H-pyrrole nitrogens is 1. The molecule has 1 amide bonds. The average Bonchev–Trinajstić information content (AvgIpc) is 3.01. The lowest BCUT2D eigenvalue weighted by atomic mass is 10.3. The van der Waals surface area contributed by atoms with Crippen molar-refractivity contribution < 1.29 is 4.79 Å². The van der Waals surface area contributed by atoms with Crippen LogP contribution in [0.2, 0.25) is 0 Å². The van der Waals surface area contributed by atoms with E-state index in [-0.39, 0.29) is 10.9 Å². The number of amides is 1. The van der Waals surface area contributed by atoms with Gasteiger partial charge in [-0.05, 0) is 17.5 Å². The van der Waals surface area contributed by atoms with E-state index < -0.39 is 0 Å². The zero-order valence-electron chi connectivity index (χ0n) is 9.47. The fourth-order valence-electron chi connectivity index (χ4n) is 1.62. The minimum absolute atomic E-state index is 0.191. The number of carbonyl (C=O) groups is 1. The summed E-state index contributed by atoms with van der Waals surface area (Å²) in [6.07, 6.45) is 1.49. The Morgan fingerprint density at radius 3 is 3.05 bits per heavy atom. The average molecular weight is 308 g/mol. The van der Waals surface area contributed by atoms with E-state index in [1.54, 1.807) is 11.3 Å². The molecule has 19 heavy (non-hydrogen) atoms. The monoisotopic (exact) mass is 308 g/mol. The molecular weight excluding hydrogens is 300 g/mol. The molecule has 0 atom stereocenters. The van der Waals surface area contributed by atoms with Crippen molar-refractivity contribution in [2.75, 3.05) is 5.32 Å². The van der Waals surface area contributed by atoms with E-state index in [1.165, 1.54) is 17.5 Å². The summed E-state index contributed by atoms with van der Waals surface area (Å²) in [6, 6.07) is 3.87. The number of hydrogen-bond donors (Lipinski definition) is 3. The summed E-state index contributed by atoms with van der Waals surface area (Å²) in [5.74, 6) is 0.226. The minimum Gasteiger partial charge on any atom is -0.389 e. The van der Waals surface area contributed by atoms with Crippen molar-refractivity contribution in [3.63, 3.8) is 0 Å². The topological polar surface area (TPSA) is 83.8 Å². The predicted octanol–water partition coefficient (Wildman–Crippen LogP) is 2.57. The molecule has 3 rings (SSSR count). The Labute approximate surface area is 121 Å². The van der Waals surface area contributed by atoms with Crippen molar-refractivity contribution in [3.8, 4) is 0 Å². The molecule has 0 aliphatic heterocycles. The van der Waals surface area contributed by atoms with Crippen LogP contribution in [0.3, 0.4) is 0 Å². The number of rotatable bonds is 3. The standard InChI is InChI=1S/C11H8N4OS3/c12-9(17)5-4-13-15-10(5)14-11(16)8-3-7-6(19-8)1-2-18-7/h1-4H,(H2,12,17)(H2,13,14,15,16). The van der Waals surface area contributed by atoms with E-state index in [2.05, 4.69) is 15.5 Å². The first-order chi connectivity index (χ1) is 9.15. The van der Waals surface area contributed by atoms with Crippen LogP contribution in [0.15, 0.2) is 23.7 Å². The number of anilines is 1. The molecule has 0 fully saturated rings. The summed E-state index contributed by atoms with van der Waals surface area (Å²) < 4.78 is 2.21. The number of hydrogen-bond acceptors (Lipinski definition) is 5. The zero-order chi connectivity index (χ0) is 13.4.